The Morgan fingerprint density at radius 1 is 1.22 bits per heavy atom. The van der Waals surface area contributed by atoms with E-state index in [9.17, 15) is 18.0 Å². The molecule has 27 heavy (non-hydrogen) atoms. The Morgan fingerprint density at radius 3 is 2.56 bits per heavy atom. The van der Waals surface area contributed by atoms with Gasteiger partial charge in [0.1, 0.15) is 12.6 Å². The number of carbonyl (C=O) groups is 1. The van der Waals surface area contributed by atoms with E-state index in [4.69, 9.17) is 5.26 Å². The number of hydrogen-bond donors (Lipinski definition) is 2. The first-order valence-electron chi connectivity index (χ1n) is 8.38. The predicted molar refractivity (Wildman–Crippen MR) is 100 cm³/mol. The summed E-state index contributed by atoms with van der Waals surface area (Å²) in [5, 5.41) is 17.5. The van der Waals surface area contributed by atoms with Crippen LogP contribution in [0.1, 0.15) is 25.8 Å². The van der Waals surface area contributed by atoms with Crippen molar-refractivity contribution >= 4 is 22.9 Å². The molecule has 1 aromatic heterocycles. The molecule has 0 radical (unpaired) electrons. The fourth-order valence-electron chi connectivity index (χ4n) is 2.72. The lowest BCUT2D eigenvalue weighted by atomic mass is 9.99. The number of nitrogens with zero attached hydrogens (tertiary/aromatic N) is 1. The molecule has 0 aliphatic heterocycles. The molecule has 2 aromatic rings. The third-order valence-electron chi connectivity index (χ3n) is 3.88. The maximum absolute atomic E-state index is 13.4. The van der Waals surface area contributed by atoms with Crippen LogP contribution in [0.2, 0.25) is 0 Å². The van der Waals surface area contributed by atoms with Gasteiger partial charge in [-0.25, -0.2) is 0 Å². The number of halogens is 3. The minimum Gasteiger partial charge on any atom is -0.372 e. The maximum Gasteiger partial charge on any atom is 0.417 e. The second kappa shape index (κ2) is 8.91. The Bertz CT molecular complexity index is 824. The number of carbonyl (C=O) groups excluding carboxylic acids is 1. The molecule has 1 heterocycles. The van der Waals surface area contributed by atoms with Crippen molar-refractivity contribution in [1.82, 2.24) is 5.32 Å². The minimum atomic E-state index is -4.47. The van der Waals surface area contributed by atoms with E-state index in [-0.39, 0.29) is 23.9 Å². The van der Waals surface area contributed by atoms with E-state index in [2.05, 4.69) is 10.6 Å². The molecule has 144 valence electrons. The van der Waals surface area contributed by atoms with Crippen LogP contribution >= 0.6 is 11.3 Å². The van der Waals surface area contributed by atoms with Crippen LogP contribution < -0.4 is 10.6 Å². The topological polar surface area (TPSA) is 64.9 Å². The lowest BCUT2D eigenvalue weighted by Crippen LogP contribution is -2.40. The molecule has 0 aliphatic carbocycles. The van der Waals surface area contributed by atoms with Gasteiger partial charge in [0, 0.05) is 16.3 Å². The van der Waals surface area contributed by atoms with Crippen molar-refractivity contribution in [2.45, 2.75) is 32.5 Å². The smallest absolute Gasteiger partial charge is 0.372 e. The van der Waals surface area contributed by atoms with E-state index >= 15 is 0 Å². The number of anilines is 1. The molecule has 0 spiro atoms. The number of hydrogen-bond acceptors (Lipinski definition) is 4. The highest BCUT2D eigenvalue weighted by atomic mass is 32.1. The quantitative estimate of drug-likeness (QED) is 0.656. The number of benzene rings is 1. The zero-order valence-electron chi connectivity index (χ0n) is 14.9. The molecule has 2 N–H and O–H groups in total. The van der Waals surface area contributed by atoms with E-state index < -0.39 is 17.8 Å². The van der Waals surface area contributed by atoms with Crippen molar-refractivity contribution in [3.63, 3.8) is 0 Å². The molecule has 1 amide bonds. The second-order valence-corrected chi connectivity index (χ2v) is 7.19. The molecule has 0 aliphatic rings. The Labute approximate surface area is 160 Å². The van der Waals surface area contributed by atoms with Gasteiger partial charge in [0.2, 0.25) is 5.91 Å². The van der Waals surface area contributed by atoms with Gasteiger partial charge in [-0.15, -0.1) is 11.3 Å². The SMILES string of the molecule is CC(C)CC(Nc1cscc1-c1ccccc1C(F)(F)F)C(=O)NCC#N. The summed E-state index contributed by atoms with van der Waals surface area (Å²) < 4.78 is 40.1. The standard InChI is InChI=1S/C19H20F3N3OS/c1-12(2)9-16(18(26)24-8-7-23)25-17-11-27-10-14(17)13-5-3-4-6-15(13)19(20,21)22/h3-6,10-12,16,25H,8-9H2,1-2H3,(H,24,26). The molecular weight excluding hydrogens is 375 g/mol. The molecule has 1 unspecified atom stereocenters. The predicted octanol–water partition coefficient (Wildman–Crippen LogP) is 4.90. The van der Waals surface area contributed by atoms with Gasteiger partial charge in [0.25, 0.3) is 0 Å². The van der Waals surface area contributed by atoms with Gasteiger partial charge in [-0.05, 0) is 24.0 Å². The summed E-state index contributed by atoms with van der Waals surface area (Å²) in [6.45, 7) is 3.77. The van der Waals surface area contributed by atoms with Gasteiger partial charge in [-0.2, -0.15) is 18.4 Å². The van der Waals surface area contributed by atoms with Gasteiger partial charge in [-0.3, -0.25) is 4.79 Å². The van der Waals surface area contributed by atoms with Gasteiger partial charge in [0.15, 0.2) is 0 Å². The molecule has 1 aromatic carbocycles. The fourth-order valence-corrected chi connectivity index (χ4v) is 3.51. The van der Waals surface area contributed by atoms with Crippen LogP contribution in [0.15, 0.2) is 35.0 Å². The summed E-state index contributed by atoms with van der Waals surface area (Å²) in [4.78, 5) is 12.3. The van der Waals surface area contributed by atoms with Crippen LogP contribution in [0, 0.1) is 17.2 Å². The monoisotopic (exact) mass is 395 g/mol. The van der Waals surface area contributed by atoms with E-state index in [1.54, 1.807) is 16.8 Å². The molecule has 0 bridgehead atoms. The average molecular weight is 395 g/mol. The zero-order chi connectivity index (χ0) is 20.0. The Morgan fingerprint density at radius 2 is 1.93 bits per heavy atom. The third kappa shape index (κ3) is 5.47. The highest BCUT2D eigenvalue weighted by Gasteiger charge is 2.34. The summed E-state index contributed by atoms with van der Waals surface area (Å²) >= 11 is 1.26. The first-order chi connectivity index (χ1) is 12.7. The summed E-state index contributed by atoms with van der Waals surface area (Å²) in [5.41, 5.74) is 0.208. The summed E-state index contributed by atoms with van der Waals surface area (Å²) in [5.74, 6) is -0.175. The van der Waals surface area contributed by atoms with E-state index in [1.807, 2.05) is 19.9 Å². The van der Waals surface area contributed by atoms with Crippen LogP contribution in [0.4, 0.5) is 18.9 Å². The van der Waals surface area contributed by atoms with Crippen LogP contribution in [0.3, 0.4) is 0 Å². The van der Waals surface area contributed by atoms with Crippen LogP contribution in [-0.2, 0) is 11.0 Å². The van der Waals surface area contributed by atoms with Crippen molar-refractivity contribution < 1.29 is 18.0 Å². The molecule has 2 rings (SSSR count). The van der Waals surface area contributed by atoms with Crippen molar-refractivity contribution in [1.29, 1.82) is 5.26 Å². The van der Waals surface area contributed by atoms with Gasteiger partial charge >= 0.3 is 6.18 Å². The first kappa shape index (κ1) is 20.8. The molecule has 4 nitrogen and oxygen atoms in total. The van der Waals surface area contributed by atoms with E-state index in [0.29, 0.717) is 17.7 Å². The molecule has 1 atom stereocenters. The molecule has 0 fully saturated rings. The lowest BCUT2D eigenvalue weighted by Gasteiger charge is -2.21. The fraction of sp³-hybridized carbons (Fsp3) is 0.368. The Kier molecular flexibility index (Phi) is 6.86. The minimum absolute atomic E-state index is 0.0643. The number of rotatable bonds is 7. The highest BCUT2D eigenvalue weighted by molar-refractivity contribution is 7.08. The number of amides is 1. The zero-order valence-corrected chi connectivity index (χ0v) is 15.7. The molecule has 8 heteroatoms. The Balaban J connectivity index is 2.36. The van der Waals surface area contributed by atoms with Crippen molar-refractivity contribution in [3.05, 3.63) is 40.6 Å². The normalized spacial score (nSPS) is 12.5. The van der Waals surface area contributed by atoms with Crippen molar-refractivity contribution in [3.8, 4) is 17.2 Å². The number of thiophene rings is 1. The number of alkyl halides is 3. The van der Waals surface area contributed by atoms with E-state index in [0.717, 1.165) is 6.07 Å². The van der Waals surface area contributed by atoms with Gasteiger partial charge in [0.05, 0.1) is 17.3 Å². The summed E-state index contributed by atoms with van der Waals surface area (Å²) in [6.07, 6.45) is -4.00. The van der Waals surface area contributed by atoms with E-state index in [1.165, 1.54) is 23.5 Å². The number of nitriles is 1. The largest absolute Gasteiger partial charge is 0.417 e. The van der Waals surface area contributed by atoms with Gasteiger partial charge < -0.3 is 10.6 Å². The first-order valence-corrected chi connectivity index (χ1v) is 9.32. The lowest BCUT2D eigenvalue weighted by molar-refractivity contribution is -0.137. The maximum atomic E-state index is 13.4. The third-order valence-corrected chi connectivity index (χ3v) is 4.62. The van der Waals surface area contributed by atoms with Crippen molar-refractivity contribution in [2.24, 2.45) is 5.92 Å². The Hall–Kier alpha value is -2.53. The second-order valence-electron chi connectivity index (χ2n) is 6.44. The number of nitrogens with one attached hydrogen (secondary N) is 2. The van der Waals surface area contributed by atoms with Gasteiger partial charge in [-0.1, -0.05) is 32.0 Å². The van der Waals surface area contributed by atoms with Crippen LogP contribution in [0.5, 0.6) is 0 Å². The van der Waals surface area contributed by atoms with Crippen LogP contribution in [-0.4, -0.2) is 18.5 Å². The summed E-state index contributed by atoms with van der Waals surface area (Å²) in [6, 6.07) is 6.56. The van der Waals surface area contributed by atoms with Crippen molar-refractivity contribution in [2.75, 3.05) is 11.9 Å². The average Bonchev–Trinajstić information content (AvgIpc) is 3.06. The van der Waals surface area contributed by atoms with Crippen LogP contribution in [0.25, 0.3) is 11.1 Å². The molecule has 0 saturated carbocycles. The highest BCUT2D eigenvalue weighted by Crippen LogP contribution is 2.41. The summed E-state index contributed by atoms with van der Waals surface area (Å²) in [7, 11) is 0. The molecular formula is C19H20F3N3OS. The molecule has 0 saturated heterocycles.